The molecule has 2 aliphatic rings. The van der Waals surface area contributed by atoms with E-state index in [4.69, 9.17) is 9.47 Å². The van der Waals surface area contributed by atoms with Crippen LogP contribution in [0.15, 0.2) is 12.1 Å². The standard InChI is InChI=1S/C16H25N3O2/c1-3-20-12-16-8-4-10-21-14(16)7-9-19(11-16)15-6-5-13(2)17-18-15/h5-6,14H,3-4,7-12H2,1-2H3/t14-,16+/m1/s1. The summed E-state index contributed by atoms with van der Waals surface area (Å²) < 4.78 is 11.8. The average molecular weight is 291 g/mol. The molecule has 3 rings (SSSR count). The van der Waals surface area contributed by atoms with E-state index in [2.05, 4.69) is 28.1 Å². The zero-order valence-electron chi connectivity index (χ0n) is 13.0. The third-order valence-electron chi connectivity index (χ3n) is 4.69. The number of hydrogen-bond donors (Lipinski definition) is 0. The molecule has 2 saturated heterocycles. The van der Waals surface area contributed by atoms with Crippen LogP contribution >= 0.6 is 0 Å². The fourth-order valence-electron chi connectivity index (χ4n) is 3.56. The number of hydrogen-bond acceptors (Lipinski definition) is 5. The fraction of sp³-hybridized carbons (Fsp3) is 0.750. The van der Waals surface area contributed by atoms with Crippen LogP contribution in [-0.2, 0) is 9.47 Å². The van der Waals surface area contributed by atoms with Crippen LogP contribution in [0.25, 0.3) is 0 Å². The predicted octanol–water partition coefficient (Wildman–Crippen LogP) is 2.20. The van der Waals surface area contributed by atoms with Crippen LogP contribution in [0.3, 0.4) is 0 Å². The van der Waals surface area contributed by atoms with Crippen LogP contribution in [0.5, 0.6) is 0 Å². The number of ether oxygens (including phenoxy) is 2. The van der Waals surface area contributed by atoms with Gasteiger partial charge in [0.05, 0.1) is 18.4 Å². The number of anilines is 1. The van der Waals surface area contributed by atoms with Gasteiger partial charge in [0.25, 0.3) is 0 Å². The Hall–Kier alpha value is -1.20. The molecule has 0 radical (unpaired) electrons. The molecular formula is C16H25N3O2. The normalized spacial score (nSPS) is 29.2. The number of aryl methyl sites for hydroxylation is 1. The van der Waals surface area contributed by atoms with E-state index in [1.165, 1.54) is 6.42 Å². The fourth-order valence-corrected chi connectivity index (χ4v) is 3.56. The van der Waals surface area contributed by atoms with Crippen molar-refractivity contribution in [3.05, 3.63) is 17.8 Å². The van der Waals surface area contributed by atoms with Gasteiger partial charge in [0.15, 0.2) is 5.82 Å². The van der Waals surface area contributed by atoms with Crippen molar-refractivity contribution in [3.63, 3.8) is 0 Å². The lowest BCUT2D eigenvalue weighted by atomic mass is 9.73. The first-order valence-electron chi connectivity index (χ1n) is 7.98. The predicted molar refractivity (Wildman–Crippen MR) is 81.5 cm³/mol. The highest BCUT2D eigenvalue weighted by atomic mass is 16.5. The quantitative estimate of drug-likeness (QED) is 0.851. The van der Waals surface area contributed by atoms with E-state index in [0.29, 0.717) is 6.10 Å². The number of nitrogens with zero attached hydrogens (tertiary/aromatic N) is 3. The summed E-state index contributed by atoms with van der Waals surface area (Å²) in [5.41, 5.74) is 1.07. The molecule has 21 heavy (non-hydrogen) atoms. The summed E-state index contributed by atoms with van der Waals surface area (Å²) >= 11 is 0. The first kappa shape index (κ1) is 14.7. The van der Waals surface area contributed by atoms with Gasteiger partial charge in [-0.1, -0.05) is 0 Å². The van der Waals surface area contributed by atoms with Crippen molar-refractivity contribution in [1.29, 1.82) is 0 Å². The number of fused-ring (bicyclic) bond motifs is 1. The van der Waals surface area contributed by atoms with Crippen molar-refractivity contribution in [3.8, 4) is 0 Å². The third kappa shape index (κ3) is 3.04. The van der Waals surface area contributed by atoms with E-state index >= 15 is 0 Å². The highest BCUT2D eigenvalue weighted by Crippen LogP contribution is 2.41. The molecule has 0 N–H and O–H groups in total. The maximum absolute atomic E-state index is 6.04. The molecule has 2 aliphatic heterocycles. The molecular weight excluding hydrogens is 266 g/mol. The summed E-state index contributed by atoms with van der Waals surface area (Å²) in [5.74, 6) is 0.973. The summed E-state index contributed by atoms with van der Waals surface area (Å²) in [5, 5.41) is 8.53. The van der Waals surface area contributed by atoms with Crippen LogP contribution in [-0.4, -0.2) is 49.2 Å². The first-order chi connectivity index (χ1) is 10.2. The molecule has 2 atom stereocenters. The second-order valence-electron chi connectivity index (χ2n) is 6.21. The summed E-state index contributed by atoms with van der Waals surface area (Å²) in [6.07, 6.45) is 3.67. The van der Waals surface area contributed by atoms with Crippen LogP contribution < -0.4 is 4.90 Å². The smallest absolute Gasteiger partial charge is 0.151 e. The monoisotopic (exact) mass is 291 g/mol. The van der Waals surface area contributed by atoms with Gasteiger partial charge >= 0.3 is 0 Å². The molecule has 1 aromatic rings. The first-order valence-corrected chi connectivity index (χ1v) is 7.98. The Morgan fingerprint density at radius 1 is 1.43 bits per heavy atom. The summed E-state index contributed by atoms with van der Waals surface area (Å²) in [6, 6.07) is 4.10. The van der Waals surface area contributed by atoms with Gasteiger partial charge in [-0.2, -0.15) is 5.10 Å². The molecule has 5 nitrogen and oxygen atoms in total. The molecule has 0 bridgehead atoms. The maximum atomic E-state index is 6.04. The number of piperidine rings is 1. The van der Waals surface area contributed by atoms with Gasteiger partial charge in [-0.3, -0.25) is 0 Å². The number of rotatable bonds is 4. The molecule has 2 fully saturated rings. The average Bonchev–Trinajstić information content (AvgIpc) is 2.53. The highest BCUT2D eigenvalue weighted by molar-refractivity contribution is 5.39. The van der Waals surface area contributed by atoms with Crippen molar-refractivity contribution >= 4 is 5.82 Å². The second-order valence-corrected chi connectivity index (χ2v) is 6.21. The van der Waals surface area contributed by atoms with Gasteiger partial charge in [0, 0.05) is 31.7 Å². The van der Waals surface area contributed by atoms with E-state index < -0.39 is 0 Å². The molecule has 0 amide bonds. The minimum absolute atomic E-state index is 0.110. The van der Waals surface area contributed by atoms with Gasteiger partial charge in [-0.05, 0) is 45.2 Å². The lowest BCUT2D eigenvalue weighted by molar-refractivity contribution is -0.124. The van der Waals surface area contributed by atoms with Crippen molar-refractivity contribution in [2.24, 2.45) is 5.41 Å². The van der Waals surface area contributed by atoms with E-state index in [1.54, 1.807) is 0 Å². The Kier molecular flexibility index (Phi) is 4.40. The summed E-state index contributed by atoms with van der Waals surface area (Å²) in [6.45, 7) is 8.40. The minimum atomic E-state index is 0.110. The molecule has 0 unspecified atom stereocenters. The lowest BCUT2D eigenvalue weighted by Gasteiger charge is -2.50. The van der Waals surface area contributed by atoms with Gasteiger partial charge in [-0.25, -0.2) is 0 Å². The molecule has 116 valence electrons. The summed E-state index contributed by atoms with van der Waals surface area (Å²) in [7, 11) is 0. The Bertz CT molecular complexity index is 465. The van der Waals surface area contributed by atoms with Crippen molar-refractivity contribution in [1.82, 2.24) is 10.2 Å². The largest absolute Gasteiger partial charge is 0.381 e. The van der Waals surface area contributed by atoms with Gasteiger partial charge in [0.1, 0.15) is 0 Å². The van der Waals surface area contributed by atoms with Crippen molar-refractivity contribution in [2.75, 3.05) is 37.8 Å². The third-order valence-corrected chi connectivity index (χ3v) is 4.69. The van der Waals surface area contributed by atoms with E-state index in [9.17, 15) is 0 Å². The molecule has 0 aliphatic carbocycles. The molecule has 1 aromatic heterocycles. The van der Waals surface area contributed by atoms with E-state index in [-0.39, 0.29) is 5.41 Å². The number of aromatic nitrogens is 2. The van der Waals surface area contributed by atoms with E-state index in [1.807, 2.05) is 13.0 Å². The molecule has 5 heteroatoms. The molecule has 0 saturated carbocycles. The zero-order valence-corrected chi connectivity index (χ0v) is 13.0. The highest BCUT2D eigenvalue weighted by Gasteiger charge is 2.46. The Labute approximate surface area is 126 Å². The molecule has 0 aromatic carbocycles. The molecule has 3 heterocycles. The zero-order chi connectivity index (χ0) is 14.7. The van der Waals surface area contributed by atoms with E-state index in [0.717, 1.165) is 57.3 Å². The lowest BCUT2D eigenvalue weighted by Crippen LogP contribution is -2.57. The van der Waals surface area contributed by atoms with Crippen LogP contribution in [0, 0.1) is 12.3 Å². The Balaban J connectivity index is 1.78. The van der Waals surface area contributed by atoms with Gasteiger partial charge in [0.2, 0.25) is 0 Å². The minimum Gasteiger partial charge on any atom is -0.381 e. The second kappa shape index (κ2) is 6.28. The Morgan fingerprint density at radius 2 is 2.33 bits per heavy atom. The Morgan fingerprint density at radius 3 is 3.10 bits per heavy atom. The molecule has 0 spiro atoms. The van der Waals surface area contributed by atoms with Crippen LogP contribution in [0.2, 0.25) is 0 Å². The maximum Gasteiger partial charge on any atom is 0.151 e. The summed E-state index contributed by atoms with van der Waals surface area (Å²) in [4.78, 5) is 2.34. The van der Waals surface area contributed by atoms with Crippen molar-refractivity contribution in [2.45, 2.75) is 39.2 Å². The van der Waals surface area contributed by atoms with Crippen LogP contribution in [0.4, 0.5) is 5.82 Å². The van der Waals surface area contributed by atoms with Gasteiger partial charge < -0.3 is 14.4 Å². The topological polar surface area (TPSA) is 47.5 Å². The van der Waals surface area contributed by atoms with Crippen LogP contribution in [0.1, 0.15) is 31.9 Å². The SMILES string of the molecule is CCOC[C@@]12CCCO[C@@H]1CCN(c1ccc(C)nn1)C2. The van der Waals surface area contributed by atoms with Crippen molar-refractivity contribution < 1.29 is 9.47 Å². The van der Waals surface area contributed by atoms with Gasteiger partial charge in [-0.15, -0.1) is 5.10 Å².